The fourth-order valence-electron chi connectivity index (χ4n) is 4.83. The van der Waals surface area contributed by atoms with Gasteiger partial charge in [-0.15, -0.1) is 23.2 Å². The molecular formula is C19H24Cl2O2. The quantitative estimate of drug-likeness (QED) is 0.617. The number of hydrogen-bond acceptors (Lipinski definition) is 2. The maximum Gasteiger partial charge on any atom is 0.127 e. The van der Waals surface area contributed by atoms with Crippen molar-refractivity contribution in [2.45, 2.75) is 62.2 Å². The van der Waals surface area contributed by atoms with Crippen molar-refractivity contribution in [1.82, 2.24) is 0 Å². The highest BCUT2D eigenvalue weighted by Crippen LogP contribution is 2.67. The number of hydrogen-bond donors (Lipinski definition) is 0. The molecule has 0 aromatic heterocycles. The van der Waals surface area contributed by atoms with Gasteiger partial charge in [0.2, 0.25) is 0 Å². The van der Waals surface area contributed by atoms with Gasteiger partial charge in [-0.1, -0.05) is 25.1 Å². The number of alkyl halides is 2. The highest BCUT2D eigenvalue weighted by molar-refractivity contribution is 6.51. The van der Waals surface area contributed by atoms with E-state index < -0.39 is 4.33 Å². The summed E-state index contributed by atoms with van der Waals surface area (Å²) >= 11 is 12.9. The van der Waals surface area contributed by atoms with Crippen molar-refractivity contribution in [3.05, 3.63) is 29.8 Å². The van der Waals surface area contributed by atoms with E-state index in [9.17, 15) is 0 Å². The highest BCUT2D eigenvalue weighted by Gasteiger charge is 2.69. The molecule has 0 radical (unpaired) electrons. The first kappa shape index (κ1) is 16.1. The molecule has 0 N–H and O–H groups in total. The number of halogens is 2. The Labute approximate surface area is 148 Å². The fraction of sp³-hybridized carbons (Fsp3) is 0.684. The second-order valence-electron chi connectivity index (χ2n) is 8.18. The van der Waals surface area contributed by atoms with Crippen molar-refractivity contribution >= 4 is 23.2 Å². The lowest BCUT2D eigenvalue weighted by Gasteiger charge is -2.52. The van der Waals surface area contributed by atoms with Crippen molar-refractivity contribution in [2.75, 3.05) is 0 Å². The minimum absolute atomic E-state index is 0.0469. The van der Waals surface area contributed by atoms with E-state index in [1.54, 1.807) is 0 Å². The Hall–Kier alpha value is -0.440. The molecule has 4 heteroatoms. The van der Waals surface area contributed by atoms with Crippen molar-refractivity contribution < 1.29 is 9.47 Å². The Kier molecular flexibility index (Phi) is 3.35. The maximum atomic E-state index is 6.72. The Bertz CT molecular complexity index is 642. The standard InChI is InChI=1S/C19H24Cl2O2/c1-11-16(19(11,20)21)18(4)10-9-13-15(23-18)12-7-5-6-8-14(12)22-17(13,2)3/h5-8,11,13,15-16H,9-10H2,1-4H3/t11-,13-,15-,16+,18+/m0/s1. The first-order chi connectivity index (χ1) is 10.7. The summed E-state index contributed by atoms with van der Waals surface area (Å²) in [5, 5.41) is 0. The number of rotatable bonds is 1. The second kappa shape index (κ2) is 4.80. The van der Waals surface area contributed by atoms with E-state index in [-0.39, 0.29) is 29.1 Å². The number of ether oxygens (including phenoxy) is 2. The van der Waals surface area contributed by atoms with E-state index in [4.69, 9.17) is 32.7 Å². The molecule has 1 aliphatic carbocycles. The molecule has 0 unspecified atom stereocenters. The summed E-state index contributed by atoms with van der Waals surface area (Å²) in [5.74, 6) is 1.75. The van der Waals surface area contributed by atoms with Crippen LogP contribution < -0.4 is 4.74 Å². The van der Waals surface area contributed by atoms with Gasteiger partial charge in [-0.25, -0.2) is 0 Å². The van der Waals surface area contributed by atoms with Crippen LogP contribution in [0.3, 0.4) is 0 Å². The van der Waals surface area contributed by atoms with E-state index in [1.165, 1.54) is 0 Å². The molecule has 23 heavy (non-hydrogen) atoms. The van der Waals surface area contributed by atoms with Gasteiger partial charge in [0.15, 0.2) is 0 Å². The summed E-state index contributed by atoms with van der Waals surface area (Å²) < 4.78 is 12.3. The summed E-state index contributed by atoms with van der Waals surface area (Å²) in [6, 6.07) is 8.23. The number of fused-ring (bicyclic) bond motifs is 3. The van der Waals surface area contributed by atoms with Crippen LogP contribution in [0.4, 0.5) is 0 Å². The predicted molar refractivity (Wildman–Crippen MR) is 93.2 cm³/mol. The summed E-state index contributed by atoms with van der Waals surface area (Å²) in [6.07, 6.45) is 2.08. The Morgan fingerprint density at radius 2 is 1.78 bits per heavy atom. The molecular weight excluding hydrogens is 331 g/mol. The van der Waals surface area contributed by atoms with E-state index >= 15 is 0 Å². The van der Waals surface area contributed by atoms with Gasteiger partial charge in [0.05, 0.1) is 11.7 Å². The van der Waals surface area contributed by atoms with Crippen LogP contribution in [0.15, 0.2) is 24.3 Å². The predicted octanol–water partition coefficient (Wildman–Crippen LogP) is 5.52. The molecule has 3 aliphatic rings. The van der Waals surface area contributed by atoms with Crippen molar-refractivity contribution in [2.24, 2.45) is 17.8 Å². The van der Waals surface area contributed by atoms with Gasteiger partial charge < -0.3 is 9.47 Å². The Morgan fingerprint density at radius 1 is 1.13 bits per heavy atom. The van der Waals surface area contributed by atoms with E-state index in [0.717, 1.165) is 24.2 Å². The monoisotopic (exact) mass is 354 g/mol. The van der Waals surface area contributed by atoms with Crippen molar-refractivity contribution in [3.8, 4) is 5.75 Å². The van der Waals surface area contributed by atoms with Gasteiger partial charge in [0, 0.05) is 17.4 Å². The minimum Gasteiger partial charge on any atom is -0.487 e. The summed E-state index contributed by atoms with van der Waals surface area (Å²) in [5.41, 5.74) is 0.657. The second-order valence-corrected chi connectivity index (χ2v) is 9.62. The van der Waals surface area contributed by atoms with Crippen LogP contribution in [0.1, 0.15) is 52.2 Å². The van der Waals surface area contributed by atoms with Gasteiger partial charge in [0.1, 0.15) is 15.7 Å². The van der Waals surface area contributed by atoms with E-state index in [0.29, 0.717) is 5.92 Å². The van der Waals surface area contributed by atoms with Crippen LogP contribution in [0, 0.1) is 17.8 Å². The molecule has 1 aromatic carbocycles. The molecule has 1 saturated heterocycles. The third-order valence-corrected chi connectivity index (χ3v) is 7.43. The van der Waals surface area contributed by atoms with Crippen LogP contribution in [0.5, 0.6) is 5.75 Å². The zero-order valence-corrected chi connectivity index (χ0v) is 15.6. The highest BCUT2D eigenvalue weighted by atomic mass is 35.5. The lowest BCUT2D eigenvalue weighted by atomic mass is 9.72. The van der Waals surface area contributed by atoms with Crippen LogP contribution in [-0.4, -0.2) is 15.5 Å². The first-order valence-corrected chi connectivity index (χ1v) is 9.26. The van der Waals surface area contributed by atoms with Crippen LogP contribution >= 0.6 is 23.2 Å². The topological polar surface area (TPSA) is 18.5 Å². The maximum absolute atomic E-state index is 6.72. The number of para-hydroxylation sites is 1. The van der Waals surface area contributed by atoms with E-state index in [1.807, 2.05) is 12.1 Å². The Morgan fingerprint density at radius 3 is 2.43 bits per heavy atom. The molecule has 1 aromatic rings. The van der Waals surface area contributed by atoms with Gasteiger partial charge in [0.25, 0.3) is 0 Å². The molecule has 1 saturated carbocycles. The molecule has 2 nitrogen and oxygen atoms in total. The smallest absolute Gasteiger partial charge is 0.127 e. The van der Waals surface area contributed by atoms with E-state index in [2.05, 4.69) is 39.8 Å². The zero-order valence-electron chi connectivity index (χ0n) is 14.1. The first-order valence-electron chi connectivity index (χ1n) is 8.50. The average molecular weight is 355 g/mol. The molecule has 2 heterocycles. The number of benzene rings is 1. The van der Waals surface area contributed by atoms with Gasteiger partial charge in [-0.2, -0.15) is 0 Å². The lowest BCUT2D eigenvalue weighted by Crippen LogP contribution is -2.52. The van der Waals surface area contributed by atoms with Crippen molar-refractivity contribution in [1.29, 1.82) is 0 Å². The van der Waals surface area contributed by atoms with Crippen LogP contribution in [-0.2, 0) is 4.74 Å². The SMILES string of the molecule is C[C@H]1[C@H]([C@@]2(C)CC[C@H]3[C@@H](O2)c2ccccc2OC3(C)C)C1(Cl)Cl. The minimum atomic E-state index is -0.651. The lowest BCUT2D eigenvalue weighted by molar-refractivity contribution is -0.199. The summed E-state index contributed by atoms with van der Waals surface area (Å²) in [6.45, 7) is 8.63. The summed E-state index contributed by atoms with van der Waals surface area (Å²) in [7, 11) is 0. The molecule has 0 bridgehead atoms. The zero-order chi connectivity index (χ0) is 16.6. The molecule has 0 amide bonds. The Balaban J connectivity index is 1.71. The molecule has 5 atom stereocenters. The molecule has 2 aliphatic heterocycles. The molecule has 2 fully saturated rings. The van der Waals surface area contributed by atoms with Crippen LogP contribution in [0.25, 0.3) is 0 Å². The van der Waals surface area contributed by atoms with Gasteiger partial charge >= 0.3 is 0 Å². The normalized spacial score (nSPS) is 43.0. The third kappa shape index (κ3) is 2.25. The fourth-order valence-corrected chi connectivity index (χ4v) is 5.79. The van der Waals surface area contributed by atoms with Gasteiger partial charge in [-0.05, 0) is 45.6 Å². The van der Waals surface area contributed by atoms with Gasteiger partial charge in [-0.3, -0.25) is 0 Å². The molecule has 0 spiro atoms. The summed E-state index contributed by atoms with van der Waals surface area (Å²) in [4.78, 5) is 0. The molecule has 4 rings (SSSR count). The average Bonchev–Trinajstić information content (AvgIpc) is 2.97. The third-order valence-electron chi connectivity index (χ3n) is 6.28. The molecule has 126 valence electrons. The van der Waals surface area contributed by atoms with Crippen molar-refractivity contribution in [3.63, 3.8) is 0 Å². The van der Waals surface area contributed by atoms with Crippen LogP contribution in [0.2, 0.25) is 0 Å². The largest absolute Gasteiger partial charge is 0.487 e.